The molecule has 0 aliphatic carbocycles. The number of benzene rings is 3. The van der Waals surface area contributed by atoms with Gasteiger partial charge in [-0.15, -0.1) is 0 Å². The standard InChI is InChI=1S/C18H12N/c1-2-6-13(7-3-1)14-10-11-18-16(12-14)15-8-4-5-9-17(15)19-18/h1-11,19H. The molecule has 3 aromatic carbocycles. The molecule has 0 fully saturated rings. The van der Waals surface area contributed by atoms with Crippen LogP contribution in [0, 0.1) is 6.07 Å². The van der Waals surface area contributed by atoms with Crippen LogP contribution >= 0.6 is 0 Å². The zero-order valence-electron chi connectivity index (χ0n) is 10.4. The average molecular weight is 242 g/mol. The van der Waals surface area contributed by atoms with Crippen molar-refractivity contribution in [2.45, 2.75) is 0 Å². The van der Waals surface area contributed by atoms with Gasteiger partial charge in [0.1, 0.15) is 0 Å². The van der Waals surface area contributed by atoms with Crippen molar-refractivity contribution >= 4 is 21.8 Å². The third kappa shape index (κ3) is 1.63. The van der Waals surface area contributed by atoms with Gasteiger partial charge in [0, 0.05) is 27.9 Å². The number of H-pyrrole nitrogens is 1. The Morgan fingerprint density at radius 2 is 1.47 bits per heavy atom. The molecule has 1 nitrogen and oxygen atoms in total. The van der Waals surface area contributed by atoms with Gasteiger partial charge in [0.25, 0.3) is 0 Å². The second-order valence-corrected chi connectivity index (χ2v) is 4.70. The first-order chi connectivity index (χ1) is 9.42. The maximum atomic E-state index is 3.53. The molecule has 1 heterocycles. The van der Waals surface area contributed by atoms with E-state index in [4.69, 9.17) is 0 Å². The molecule has 0 amide bonds. The van der Waals surface area contributed by atoms with E-state index in [1.54, 1.807) is 0 Å². The number of para-hydroxylation sites is 1. The fourth-order valence-corrected chi connectivity index (χ4v) is 2.55. The van der Waals surface area contributed by atoms with Gasteiger partial charge >= 0.3 is 0 Å². The van der Waals surface area contributed by atoms with Crippen LogP contribution < -0.4 is 0 Å². The Kier molecular flexibility index (Phi) is 2.18. The summed E-state index contributed by atoms with van der Waals surface area (Å²) in [5, 5.41) is 2.40. The van der Waals surface area contributed by atoms with Crippen LogP contribution in [0.5, 0.6) is 0 Å². The smallest absolute Gasteiger partial charge is 0.0471 e. The highest BCUT2D eigenvalue weighted by Crippen LogP contribution is 2.29. The zero-order valence-corrected chi connectivity index (χ0v) is 10.4. The minimum atomic E-state index is 1.14. The number of rotatable bonds is 1. The maximum absolute atomic E-state index is 3.53. The molecule has 0 saturated carbocycles. The highest BCUT2D eigenvalue weighted by atomic mass is 14.7. The fourth-order valence-electron chi connectivity index (χ4n) is 2.55. The SMILES string of the molecule is [c]1c(-c2ccccc2)ccc2[nH]c3ccccc3c12. The zero-order chi connectivity index (χ0) is 12.7. The third-order valence-electron chi connectivity index (χ3n) is 3.50. The molecule has 0 bridgehead atoms. The van der Waals surface area contributed by atoms with Gasteiger partial charge in [-0.3, -0.25) is 0 Å². The average Bonchev–Trinajstić information content (AvgIpc) is 2.86. The molecule has 4 rings (SSSR count). The molecule has 1 aromatic heterocycles. The summed E-state index contributed by atoms with van der Waals surface area (Å²) < 4.78 is 0. The van der Waals surface area contributed by atoms with Crippen LogP contribution in [0.2, 0.25) is 0 Å². The number of aromatic nitrogens is 1. The maximum Gasteiger partial charge on any atom is 0.0471 e. The van der Waals surface area contributed by atoms with Crippen molar-refractivity contribution in [1.82, 2.24) is 4.98 Å². The lowest BCUT2D eigenvalue weighted by Crippen LogP contribution is -1.77. The highest BCUT2D eigenvalue weighted by Gasteiger charge is 2.05. The van der Waals surface area contributed by atoms with Crippen molar-refractivity contribution in [3.05, 3.63) is 72.8 Å². The molecule has 19 heavy (non-hydrogen) atoms. The van der Waals surface area contributed by atoms with Gasteiger partial charge < -0.3 is 4.98 Å². The predicted molar refractivity (Wildman–Crippen MR) is 80.1 cm³/mol. The lowest BCUT2D eigenvalue weighted by Gasteiger charge is -2.00. The summed E-state index contributed by atoms with van der Waals surface area (Å²) in [5.41, 5.74) is 4.65. The van der Waals surface area contributed by atoms with Crippen LogP contribution in [0.3, 0.4) is 0 Å². The van der Waals surface area contributed by atoms with E-state index in [1.807, 2.05) is 6.07 Å². The normalized spacial score (nSPS) is 11.2. The van der Waals surface area contributed by atoms with Gasteiger partial charge in [-0.25, -0.2) is 0 Å². The molecule has 0 spiro atoms. The summed E-state index contributed by atoms with van der Waals surface area (Å²) in [7, 11) is 0. The third-order valence-corrected chi connectivity index (χ3v) is 3.50. The Hall–Kier alpha value is -2.54. The Balaban J connectivity index is 2.03. The van der Waals surface area contributed by atoms with E-state index in [1.165, 1.54) is 16.5 Å². The van der Waals surface area contributed by atoms with E-state index in [9.17, 15) is 0 Å². The van der Waals surface area contributed by atoms with E-state index < -0.39 is 0 Å². The van der Waals surface area contributed by atoms with Gasteiger partial charge in [0.05, 0.1) is 0 Å². The molecule has 0 aliphatic heterocycles. The summed E-state index contributed by atoms with van der Waals surface area (Å²) in [4.78, 5) is 3.43. The topological polar surface area (TPSA) is 15.8 Å². The summed E-state index contributed by atoms with van der Waals surface area (Å²) in [6.45, 7) is 0. The first kappa shape index (κ1) is 10.4. The van der Waals surface area contributed by atoms with Gasteiger partial charge in [-0.1, -0.05) is 54.6 Å². The van der Waals surface area contributed by atoms with Crippen LogP contribution in [0.15, 0.2) is 66.7 Å². The fraction of sp³-hybridized carbons (Fsp3) is 0. The molecule has 1 radical (unpaired) electrons. The van der Waals surface area contributed by atoms with Crippen molar-refractivity contribution in [3.63, 3.8) is 0 Å². The van der Waals surface area contributed by atoms with Crippen molar-refractivity contribution in [2.24, 2.45) is 0 Å². The molecular formula is C18H12N. The monoisotopic (exact) mass is 242 g/mol. The molecule has 4 aromatic rings. The van der Waals surface area contributed by atoms with Crippen LogP contribution in [0.1, 0.15) is 0 Å². The Morgan fingerprint density at radius 1 is 0.684 bits per heavy atom. The van der Waals surface area contributed by atoms with Crippen molar-refractivity contribution < 1.29 is 0 Å². The molecule has 1 N–H and O–H groups in total. The Bertz CT molecular complexity index is 857. The summed E-state index contributed by atoms with van der Waals surface area (Å²) in [5.74, 6) is 0. The minimum absolute atomic E-state index is 1.14. The lowest BCUT2D eigenvalue weighted by atomic mass is 10.0. The van der Waals surface area contributed by atoms with Crippen molar-refractivity contribution in [2.75, 3.05) is 0 Å². The Morgan fingerprint density at radius 3 is 2.37 bits per heavy atom. The van der Waals surface area contributed by atoms with Gasteiger partial charge in [-0.05, 0) is 23.3 Å². The van der Waals surface area contributed by atoms with E-state index in [-0.39, 0.29) is 0 Å². The quantitative estimate of drug-likeness (QED) is 0.494. The molecule has 1 heteroatoms. The van der Waals surface area contributed by atoms with Gasteiger partial charge in [-0.2, -0.15) is 0 Å². The Labute approximate surface area is 111 Å². The number of aromatic amines is 1. The predicted octanol–water partition coefficient (Wildman–Crippen LogP) is 4.79. The van der Waals surface area contributed by atoms with Crippen LogP contribution in [-0.4, -0.2) is 4.98 Å². The van der Waals surface area contributed by atoms with Crippen molar-refractivity contribution in [3.8, 4) is 11.1 Å². The van der Waals surface area contributed by atoms with Crippen LogP contribution in [0.4, 0.5) is 0 Å². The molecule has 89 valence electrons. The first-order valence-corrected chi connectivity index (χ1v) is 6.40. The van der Waals surface area contributed by atoms with Crippen LogP contribution in [0.25, 0.3) is 32.9 Å². The van der Waals surface area contributed by atoms with Crippen LogP contribution in [-0.2, 0) is 0 Å². The first-order valence-electron chi connectivity index (χ1n) is 6.40. The summed E-state index contributed by atoms with van der Waals surface area (Å²) in [6.07, 6.45) is 0. The summed E-state index contributed by atoms with van der Waals surface area (Å²) >= 11 is 0. The number of fused-ring (bicyclic) bond motifs is 3. The van der Waals surface area contributed by atoms with E-state index in [0.717, 1.165) is 16.5 Å². The second-order valence-electron chi connectivity index (χ2n) is 4.70. The van der Waals surface area contributed by atoms with Gasteiger partial charge in [0.2, 0.25) is 0 Å². The van der Waals surface area contributed by atoms with E-state index in [0.29, 0.717) is 0 Å². The number of hydrogen-bond donors (Lipinski definition) is 1. The number of nitrogens with one attached hydrogen (secondary N) is 1. The molecular weight excluding hydrogens is 230 g/mol. The highest BCUT2D eigenvalue weighted by molar-refractivity contribution is 6.08. The minimum Gasteiger partial charge on any atom is -0.354 e. The second kappa shape index (κ2) is 3.99. The molecule has 0 saturated heterocycles. The van der Waals surface area contributed by atoms with E-state index in [2.05, 4.69) is 71.7 Å². The van der Waals surface area contributed by atoms with Crippen molar-refractivity contribution in [1.29, 1.82) is 0 Å². The lowest BCUT2D eigenvalue weighted by molar-refractivity contribution is 1.54. The molecule has 0 unspecified atom stereocenters. The molecule has 0 aliphatic rings. The molecule has 0 atom stereocenters. The summed E-state index contributed by atoms with van der Waals surface area (Å²) in [6, 6.07) is 26.5. The number of hydrogen-bond acceptors (Lipinski definition) is 0. The van der Waals surface area contributed by atoms with E-state index >= 15 is 0 Å². The largest absolute Gasteiger partial charge is 0.354 e. The van der Waals surface area contributed by atoms with Gasteiger partial charge in [0.15, 0.2) is 0 Å².